The number of carbonyl (C=O) groups is 1. The summed E-state index contributed by atoms with van der Waals surface area (Å²) in [5.41, 5.74) is 1.40. The Bertz CT molecular complexity index is 567. The molecule has 3 N–H and O–H groups in total. The summed E-state index contributed by atoms with van der Waals surface area (Å²) in [4.78, 5) is 21.2. The van der Waals surface area contributed by atoms with Crippen molar-refractivity contribution in [3.8, 4) is 0 Å². The van der Waals surface area contributed by atoms with Crippen LogP contribution in [0.2, 0.25) is 0 Å². The zero-order valence-corrected chi connectivity index (χ0v) is 11.6. The Morgan fingerprint density at radius 2 is 2.42 bits per heavy atom. The maximum Gasteiger partial charge on any atom is 0.407 e. The summed E-state index contributed by atoms with van der Waals surface area (Å²) in [6, 6.07) is -0.249. The molecule has 1 fully saturated rings. The molecule has 100 valence electrons. The summed E-state index contributed by atoms with van der Waals surface area (Å²) < 4.78 is 0.458. The van der Waals surface area contributed by atoms with Crippen LogP contribution >= 0.6 is 15.9 Å². The second-order valence-corrected chi connectivity index (χ2v) is 5.35. The van der Waals surface area contributed by atoms with Gasteiger partial charge >= 0.3 is 10.8 Å². The van der Waals surface area contributed by atoms with Gasteiger partial charge in [-0.05, 0) is 12.8 Å². The van der Waals surface area contributed by atoms with Gasteiger partial charge in [0.15, 0.2) is 0 Å². The molecule has 3 aliphatic heterocycles. The molecule has 8 heteroatoms. The van der Waals surface area contributed by atoms with Gasteiger partial charge in [-0.2, -0.15) is 10.8 Å². The van der Waals surface area contributed by atoms with E-state index < -0.39 is 6.09 Å². The summed E-state index contributed by atoms with van der Waals surface area (Å²) in [7, 11) is 0. The number of allylic oxidation sites excluding steroid dienone is 1. The van der Waals surface area contributed by atoms with Gasteiger partial charge in [0.05, 0.1) is 18.5 Å². The first-order chi connectivity index (χ1) is 9.04. The number of likely N-dealkylation sites (tertiary alicyclic amines) is 1. The number of amidine groups is 1. The van der Waals surface area contributed by atoms with Crippen molar-refractivity contribution < 1.29 is 14.5 Å². The van der Waals surface area contributed by atoms with Gasteiger partial charge in [-0.25, -0.2) is 4.79 Å². The van der Waals surface area contributed by atoms with Crippen LogP contribution in [-0.4, -0.2) is 44.2 Å². The number of rotatable bonds is 1. The summed E-state index contributed by atoms with van der Waals surface area (Å²) in [6.07, 6.45) is 5.62. The van der Waals surface area contributed by atoms with Gasteiger partial charge in [0, 0.05) is 22.5 Å². The van der Waals surface area contributed by atoms with Crippen LogP contribution in [0.5, 0.6) is 0 Å². The molecule has 0 radical (unpaired) electrons. The topological polar surface area (TPSA) is 91.3 Å². The van der Waals surface area contributed by atoms with Gasteiger partial charge in [0.1, 0.15) is 11.9 Å². The highest BCUT2D eigenvalue weighted by Gasteiger charge is 2.46. The molecule has 7 nitrogen and oxygen atoms in total. The molecule has 19 heavy (non-hydrogen) atoms. The molecule has 0 aliphatic carbocycles. The monoisotopic (exact) mass is 326 g/mol. The quantitative estimate of drug-likeness (QED) is 0.433. The smallest absolute Gasteiger partial charge is 0.407 e. The molecule has 1 amide bonds. The minimum absolute atomic E-state index is 0.0806. The normalized spacial score (nSPS) is 32.8. The highest BCUT2D eigenvalue weighted by atomic mass is 79.9. The number of carboxylic acid groups (broad SMARTS) is 1. The number of nitrogens with two attached hydrogens (primary N) is 1. The van der Waals surface area contributed by atoms with E-state index in [9.17, 15) is 9.90 Å². The van der Waals surface area contributed by atoms with Crippen LogP contribution in [0, 0.1) is 0 Å². The number of nitrogens with zero attached hydrogens (tertiary/aromatic N) is 4. The van der Waals surface area contributed by atoms with E-state index in [2.05, 4.69) is 25.9 Å². The van der Waals surface area contributed by atoms with Crippen LogP contribution in [0.25, 0.3) is 0 Å². The van der Waals surface area contributed by atoms with Crippen molar-refractivity contribution >= 4 is 33.0 Å². The number of hydrogen-bond donors (Lipinski definition) is 2. The van der Waals surface area contributed by atoms with Gasteiger partial charge in [-0.3, -0.25) is 9.89 Å². The van der Waals surface area contributed by atoms with Crippen LogP contribution < -0.4 is 5.84 Å². The summed E-state index contributed by atoms with van der Waals surface area (Å²) in [6.45, 7) is 0.529. The van der Waals surface area contributed by atoms with Crippen molar-refractivity contribution in [1.82, 2.24) is 4.90 Å². The van der Waals surface area contributed by atoms with Crippen molar-refractivity contribution in [2.75, 3.05) is 6.54 Å². The van der Waals surface area contributed by atoms with Gasteiger partial charge in [-0.1, -0.05) is 0 Å². The van der Waals surface area contributed by atoms with E-state index in [0.717, 1.165) is 12.8 Å². The number of halogens is 1. The SMILES string of the molecule is N[N+]12C=CN=CC1=C(C1CCCN1C(=O)O)N=C2Br. The van der Waals surface area contributed by atoms with E-state index in [1.165, 1.54) is 4.90 Å². The highest BCUT2D eigenvalue weighted by molar-refractivity contribution is 9.18. The second kappa shape index (κ2) is 4.26. The lowest BCUT2D eigenvalue weighted by molar-refractivity contribution is -0.746. The van der Waals surface area contributed by atoms with Crippen molar-refractivity contribution in [2.24, 2.45) is 15.8 Å². The molecule has 0 saturated carbocycles. The zero-order chi connectivity index (χ0) is 13.6. The molecular formula is C11H13BrN5O2+. The Morgan fingerprint density at radius 3 is 3.16 bits per heavy atom. The predicted octanol–water partition coefficient (Wildman–Crippen LogP) is 1.35. The van der Waals surface area contributed by atoms with E-state index in [4.69, 9.17) is 5.84 Å². The number of hydrogen-bond acceptors (Lipinski definition) is 4. The summed E-state index contributed by atoms with van der Waals surface area (Å²) >= 11 is 3.36. The van der Waals surface area contributed by atoms with Gasteiger partial charge in [0.2, 0.25) is 5.70 Å². The fourth-order valence-electron chi connectivity index (χ4n) is 2.61. The van der Waals surface area contributed by atoms with Gasteiger partial charge in [-0.15, -0.1) is 4.59 Å². The number of aliphatic imine (C=N–C) groups is 2. The van der Waals surface area contributed by atoms with Gasteiger partial charge < -0.3 is 5.11 Å². The first-order valence-corrected chi connectivity index (χ1v) is 6.70. The van der Waals surface area contributed by atoms with E-state index in [1.807, 2.05) is 0 Å². The lowest BCUT2D eigenvalue weighted by atomic mass is 10.1. The van der Waals surface area contributed by atoms with Crippen LogP contribution in [0.3, 0.4) is 0 Å². The lowest BCUT2D eigenvalue weighted by Crippen LogP contribution is -2.50. The average molecular weight is 327 g/mol. The predicted molar refractivity (Wildman–Crippen MR) is 73.2 cm³/mol. The third kappa shape index (κ3) is 1.75. The Kier molecular flexibility index (Phi) is 2.80. The van der Waals surface area contributed by atoms with Crippen molar-refractivity contribution in [1.29, 1.82) is 0 Å². The molecule has 3 rings (SSSR count). The minimum Gasteiger partial charge on any atom is -0.465 e. The fourth-order valence-corrected chi connectivity index (χ4v) is 3.11. The van der Waals surface area contributed by atoms with E-state index in [1.54, 1.807) is 18.6 Å². The van der Waals surface area contributed by atoms with Crippen molar-refractivity contribution in [3.05, 3.63) is 23.8 Å². The Hall–Kier alpha value is -1.51. The van der Waals surface area contributed by atoms with Crippen LogP contribution in [0.15, 0.2) is 33.8 Å². The largest absolute Gasteiger partial charge is 0.465 e. The Balaban J connectivity index is 2.05. The molecule has 2 unspecified atom stereocenters. The standard InChI is InChI=1S/C11H12BrN5O2/c12-10-15-9(7-2-1-4-16(7)11(18)19)8-6-14-3-5-17(8,10)13/h3,5-7H,1-2,4,13H2/p+1. The van der Waals surface area contributed by atoms with E-state index >= 15 is 0 Å². The first-order valence-electron chi connectivity index (χ1n) is 5.91. The molecule has 1 saturated heterocycles. The van der Waals surface area contributed by atoms with Gasteiger partial charge in [0.25, 0.3) is 0 Å². The van der Waals surface area contributed by atoms with E-state index in [-0.39, 0.29) is 10.6 Å². The molecule has 2 atom stereocenters. The third-order valence-electron chi connectivity index (χ3n) is 3.58. The minimum atomic E-state index is -0.924. The number of fused-ring (bicyclic) bond motifs is 1. The van der Waals surface area contributed by atoms with Crippen molar-refractivity contribution in [3.63, 3.8) is 0 Å². The maximum absolute atomic E-state index is 11.2. The molecule has 3 aliphatic rings. The first kappa shape index (κ1) is 12.5. The molecule has 0 bridgehead atoms. The summed E-state index contributed by atoms with van der Waals surface area (Å²) in [5.74, 6) is 6.25. The molecule has 0 spiro atoms. The summed E-state index contributed by atoms with van der Waals surface area (Å²) in [5, 5.41) is 9.23. The van der Waals surface area contributed by atoms with Crippen LogP contribution in [0.4, 0.5) is 4.79 Å². The third-order valence-corrected chi connectivity index (χ3v) is 4.34. The Labute approximate surface area is 118 Å². The molecule has 0 aromatic carbocycles. The second-order valence-electron chi connectivity index (χ2n) is 4.64. The van der Waals surface area contributed by atoms with Crippen molar-refractivity contribution in [2.45, 2.75) is 18.9 Å². The highest BCUT2D eigenvalue weighted by Crippen LogP contribution is 2.36. The molecule has 0 aromatic heterocycles. The van der Waals surface area contributed by atoms with Crippen LogP contribution in [-0.2, 0) is 0 Å². The number of amides is 1. The average Bonchev–Trinajstić information content (AvgIpc) is 2.93. The molecule has 0 aromatic rings. The Morgan fingerprint density at radius 1 is 1.63 bits per heavy atom. The maximum atomic E-state index is 11.2. The van der Waals surface area contributed by atoms with E-state index in [0.29, 0.717) is 22.7 Å². The molecular weight excluding hydrogens is 314 g/mol. The number of quaternary nitrogens is 1. The lowest BCUT2D eigenvalue weighted by Gasteiger charge is -2.25. The molecule has 3 heterocycles. The fraction of sp³-hybridized carbons (Fsp3) is 0.364. The zero-order valence-electron chi connectivity index (χ0n) is 10.0. The van der Waals surface area contributed by atoms with Crippen LogP contribution in [0.1, 0.15) is 12.8 Å².